The van der Waals surface area contributed by atoms with Crippen LogP contribution in [0.25, 0.3) is 17.2 Å². The minimum absolute atomic E-state index is 0.355. The maximum atomic E-state index is 11.6. The molecule has 6 nitrogen and oxygen atoms in total. The van der Waals surface area contributed by atoms with Crippen LogP contribution in [0.4, 0.5) is 5.69 Å². The van der Waals surface area contributed by atoms with Gasteiger partial charge in [0.25, 0.3) is 0 Å². The van der Waals surface area contributed by atoms with Gasteiger partial charge in [-0.15, -0.1) is 0 Å². The lowest BCUT2D eigenvalue weighted by molar-refractivity contribution is -0.132. The van der Waals surface area contributed by atoms with Crippen molar-refractivity contribution in [2.45, 2.75) is 32.6 Å². The van der Waals surface area contributed by atoms with Gasteiger partial charge < -0.3 is 19.5 Å². The second-order valence-electron chi connectivity index (χ2n) is 7.49. The SMILES string of the molecule is CCCCOCCOc1ccc(-c2ccc3c(c2)C=C(C(=O)O)CCCN3C=O)cc1. The molecule has 3 rings (SSSR count). The number of rotatable bonds is 10. The molecule has 0 bridgehead atoms. The number of carbonyl (C=O) groups excluding carboxylic acids is 1. The van der Waals surface area contributed by atoms with E-state index in [-0.39, 0.29) is 0 Å². The van der Waals surface area contributed by atoms with Gasteiger partial charge in [-0.25, -0.2) is 4.79 Å². The summed E-state index contributed by atoms with van der Waals surface area (Å²) >= 11 is 0. The number of benzene rings is 2. The Morgan fingerprint density at radius 2 is 1.87 bits per heavy atom. The second kappa shape index (κ2) is 11.3. The van der Waals surface area contributed by atoms with E-state index in [2.05, 4.69) is 6.92 Å². The lowest BCUT2D eigenvalue weighted by Crippen LogP contribution is -2.24. The first-order valence-corrected chi connectivity index (χ1v) is 10.7. The summed E-state index contributed by atoms with van der Waals surface area (Å²) < 4.78 is 11.2. The molecule has 0 unspecified atom stereocenters. The molecule has 2 aromatic rings. The Labute approximate surface area is 183 Å². The van der Waals surface area contributed by atoms with Crippen molar-refractivity contribution in [2.75, 3.05) is 31.3 Å². The second-order valence-corrected chi connectivity index (χ2v) is 7.49. The van der Waals surface area contributed by atoms with E-state index in [1.165, 1.54) is 0 Å². The van der Waals surface area contributed by atoms with Gasteiger partial charge in [-0.1, -0.05) is 31.5 Å². The molecule has 0 atom stereocenters. The predicted molar refractivity (Wildman–Crippen MR) is 121 cm³/mol. The highest BCUT2D eigenvalue weighted by molar-refractivity contribution is 5.95. The molecule has 6 heteroatoms. The first kappa shape index (κ1) is 22.6. The summed E-state index contributed by atoms with van der Waals surface area (Å²) in [7, 11) is 0. The monoisotopic (exact) mass is 423 g/mol. The average Bonchev–Trinajstić information content (AvgIpc) is 2.77. The molecule has 0 radical (unpaired) electrons. The zero-order chi connectivity index (χ0) is 22.1. The van der Waals surface area contributed by atoms with Gasteiger partial charge in [0.05, 0.1) is 12.3 Å². The van der Waals surface area contributed by atoms with Crippen molar-refractivity contribution in [3.63, 3.8) is 0 Å². The molecule has 1 aliphatic rings. The van der Waals surface area contributed by atoms with E-state index in [0.29, 0.717) is 38.2 Å². The number of carboxylic acids is 1. The molecule has 1 heterocycles. The van der Waals surface area contributed by atoms with Crippen LogP contribution < -0.4 is 9.64 Å². The molecule has 0 aliphatic carbocycles. The number of carboxylic acid groups (broad SMARTS) is 1. The Bertz CT molecular complexity index is 920. The molecular weight excluding hydrogens is 394 g/mol. The van der Waals surface area contributed by atoms with Gasteiger partial charge >= 0.3 is 5.97 Å². The highest BCUT2D eigenvalue weighted by Crippen LogP contribution is 2.32. The summed E-state index contributed by atoms with van der Waals surface area (Å²) in [5, 5.41) is 9.48. The number of ether oxygens (including phenoxy) is 2. The Morgan fingerprint density at radius 3 is 2.58 bits per heavy atom. The molecule has 1 aliphatic heterocycles. The van der Waals surface area contributed by atoms with E-state index in [0.717, 1.165) is 54.0 Å². The molecule has 0 spiro atoms. The number of nitrogens with zero attached hydrogens (tertiary/aromatic N) is 1. The summed E-state index contributed by atoms with van der Waals surface area (Å²) in [5.41, 5.74) is 3.74. The van der Waals surface area contributed by atoms with Gasteiger partial charge in [-0.05, 0) is 66.3 Å². The van der Waals surface area contributed by atoms with Gasteiger partial charge in [-0.3, -0.25) is 4.79 Å². The number of fused-ring (bicyclic) bond motifs is 1. The van der Waals surface area contributed by atoms with Crippen LogP contribution in [0.1, 0.15) is 38.2 Å². The van der Waals surface area contributed by atoms with Gasteiger partial charge in [0.2, 0.25) is 6.41 Å². The fourth-order valence-electron chi connectivity index (χ4n) is 3.52. The lowest BCUT2D eigenvalue weighted by atomic mass is 9.97. The normalized spacial score (nSPS) is 13.6. The number of amides is 1. The lowest BCUT2D eigenvalue weighted by Gasteiger charge is -2.23. The summed E-state index contributed by atoms with van der Waals surface area (Å²) in [6.45, 7) is 4.46. The van der Waals surface area contributed by atoms with Gasteiger partial charge in [0.1, 0.15) is 12.4 Å². The van der Waals surface area contributed by atoms with E-state index in [9.17, 15) is 14.7 Å². The summed E-state index contributed by atoms with van der Waals surface area (Å²) in [5.74, 6) is -0.148. The standard InChI is InChI=1S/C25H29NO5/c1-2-3-13-30-14-15-31-23-9-6-19(7-10-23)20-8-11-24-22(16-20)17-21(25(28)29)5-4-12-26(24)18-27/h6-11,16-18H,2-5,12-15H2,1H3,(H,28,29). The third kappa shape index (κ3) is 6.18. The maximum absolute atomic E-state index is 11.6. The predicted octanol–water partition coefficient (Wildman–Crippen LogP) is 4.77. The van der Waals surface area contributed by atoms with Gasteiger partial charge in [-0.2, -0.15) is 0 Å². The number of hydrogen-bond donors (Lipinski definition) is 1. The first-order chi connectivity index (χ1) is 15.1. The topological polar surface area (TPSA) is 76.1 Å². The highest BCUT2D eigenvalue weighted by Gasteiger charge is 2.17. The van der Waals surface area contributed by atoms with Crippen LogP contribution >= 0.6 is 0 Å². The van der Waals surface area contributed by atoms with Crippen LogP contribution in [-0.2, 0) is 14.3 Å². The zero-order valence-corrected chi connectivity index (χ0v) is 17.9. The number of hydrogen-bond acceptors (Lipinski definition) is 4. The van der Waals surface area contributed by atoms with Crippen LogP contribution in [0.3, 0.4) is 0 Å². The van der Waals surface area contributed by atoms with Gasteiger partial charge in [0, 0.05) is 18.7 Å². The third-order valence-corrected chi connectivity index (χ3v) is 5.24. The molecule has 164 valence electrons. The van der Waals surface area contributed by atoms with Crippen LogP contribution in [0.15, 0.2) is 48.0 Å². The fraction of sp³-hybridized carbons (Fsp3) is 0.360. The number of unbranched alkanes of at least 4 members (excludes halogenated alkanes) is 1. The van der Waals surface area contributed by atoms with Crippen LogP contribution in [-0.4, -0.2) is 43.9 Å². The van der Waals surface area contributed by atoms with Crippen LogP contribution in [0.2, 0.25) is 0 Å². The van der Waals surface area contributed by atoms with Crippen LogP contribution in [0, 0.1) is 0 Å². The Balaban J connectivity index is 1.75. The molecule has 1 N–H and O–H groups in total. The third-order valence-electron chi connectivity index (χ3n) is 5.24. The molecule has 1 amide bonds. The number of carbonyl (C=O) groups is 2. The largest absolute Gasteiger partial charge is 0.491 e. The summed E-state index contributed by atoms with van der Waals surface area (Å²) in [4.78, 5) is 24.7. The fourth-order valence-corrected chi connectivity index (χ4v) is 3.52. The van der Waals surface area contributed by atoms with Crippen molar-refractivity contribution in [1.82, 2.24) is 0 Å². The Morgan fingerprint density at radius 1 is 1.10 bits per heavy atom. The smallest absolute Gasteiger partial charge is 0.331 e. The van der Waals surface area contributed by atoms with Crippen molar-refractivity contribution >= 4 is 24.1 Å². The first-order valence-electron chi connectivity index (χ1n) is 10.7. The molecule has 31 heavy (non-hydrogen) atoms. The number of aliphatic carboxylic acids is 1. The summed E-state index contributed by atoms with van der Waals surface area (Å²) in [6.07, 6.45) is 5.69. The van der Waals surface area contributed by atoms with E-state index in [1.54, 1.807) is 11.0 Å². The quantitative estimate of drug-likeness (QED) is 0.440. The molecule has 0 fully saturated rings. The van der Waals surface area contributed by atoms with E-state index in [4.69, 9.17) is 9.47 Å². The van der Waals surface area contributed by atoms with E-state index in [1.807, 2.05) is 42.5 Å². The molecular formula is C25H29NO5. The molecule has 0 saturated carbocycles. The van der Waals surface area contributed by atoms with E-state index >= 15 is 0 Å². The molecule has 2 aromatic carbocycles. The Kier molecular flexibility index (Phi) is 8.24. The van der Waals surface area contributed by atoms with E-state index < -0.39 is 5.97 Å². The number of anilines is 1. The van der Waals surface area contributed by atoms with Crippen molar-refractivity contribution < 1.29 is 24.2 Å². The maximum Gasteiger partial charge on any atom is 0.331 e. The van der Waals surface area contributed by atoms with Crippen molar-refractivity contribution in [3.05, 3.63) is 53.6 Å². The molecule has 0 saturated heterocycles. The average molecular weight is 424 g/mol. The van der Waals surface area contributed by atoms with Crippen molar-refractivity contribution in [3.8, 4) is 16.9 Å². The minimum Gasteiger partial charge on any atom is -0.491 e. The highest BCUT2D eigenvalue weighted by atomic mass is 16.5. The van der Waals surface area contributed by atoms with Crippen molar-refractivity contribution in [1.29, 1.82) is 0 Å². The van der Waals surface area contributed by atoms with Crippen molar-refractivity contribution in [2.24, 2.45) is 0 Å². The van der Waals surface area contributed by atoms with Gasteiger partial charge in [0.15, 0.2) is 0 Å². The minimum atomic E-state index is -0.920. The Hall–Kier alpha value is -3.12. The van der Waals surface area contributed by atoms with Crippen LogP contribution in [0.5, 0.6) is 5.75 Å². The summed E-state index contributed by atoms with van der Waals surface area (Å²) in [6, 6.07) is 13.5. The zero-order valence-electron chi connectivity index (χ0n) is 17.9. The molecule has 0 aromatic heterocycles.